The highest BCUT2D eigenvalue weighted by Gasteiger charge is 2.10. The molecule has 6 heteroatoms. The molecular formula is C19H26N4OS. The van der Waals surface area contributed by atoms with E-state index in [1.54, 1.807) is 11.3 Å². The van der Waals surface area contributed by atoms with Gasteiger partial charge in [0.05, 0.1) is 26.3 Å². The van der Waals surface area contributed by atoms with Crippen LogP contribution in [-0.2, 0) is 17.8 Å². The van der Waals surface area contributed by atoms with Gasteiger partial charge >= 0.3 is 0 Å². The van der Waals surface area contributed by atoms with E-state index in [0.717, 1.165) is 45.4 Å². The number of ether oxygens (including phenoxy) is 1. The molecule has 0 radical (unpaired) electrons. The Morgan fingerprint density at radius 2 is 1.96 bits per heavy atom. The quantitative estimate of drug-likeness (QED) is 0.616. The molecule has 0 saturated carbocycles. The van der Waals surface area contributed by atoms with Crippen LogP contribution >= 0.6 is 11.3 Å². The second kappa shape index (κ2) is 9.44. The average Bonchev–Trinajstić information content (AvgIpc) is 3.19. The van der Waals surface area contributed by atoms with Crippen molar-refractivity contribution in [3.8, 4) is 0 Å². The van der Waals surface area contributed by atoms with Crippen LogP contribution in [0.4, 0.5) is 5.69 Å². The van der Waals surface area contributed by atoms with Gasteiger partial charge in [-0.15, -0.1) is 11.3 Å². The molecule has 25 heavy (non-hydrogen) atoms. The molecule has 5 nitrogen and oxygen atoms in total. The minimum atomic E-state index is 0.670. The van der Waals surface area contributed by atoms with Gasteiger partial charge in [0, 0.05) is 30.2 Å². The molecule has 1 aromatic carbocycles. The van der Waals surface area contributed by atoms with Crippen LogP contribution in [0.3, 0.4) is 0 Å². The zero-order valence-corrected chi connectivity index (χ0v) is 15.5. The van der Waals surface area contributed by atoms with Crippen molar-refractivity contribution in [1.29, 1.82) is 0 Å². The Bertz CT molecular complexity index is 649. The lowest BCUT2D eigenvalue weighted by atomic mass is 10.2. The molecule has 1 aromatic heterocycles. The first-order chi connectivity index (χ1) is 12.3. The van der Waals surface area contributed by atoms with Gasteiger partial charge in [0.25, 0.3) is 0 Å². The molecule has 3 rings (SSSR count). The first-order valence-corrected chi connectivity index (χ1v) is 9.69. The van der Waals surface area contributed by atoms with Crippen LogP contribution in [-0.4, -0.2) is 38.8 Å². The number of anilines is 1. The van der Waals surface area contributed by atoms with Gasteiger partial charge in [0.1, 0.15) is 0 Å². The van der Waals surface area contributed by atoms with E-state index >= 15 is 0 Å². The number of guanidine groups is 1. The topological polar surface area (TPSA) is 48.9 Å². The van der Waals surface area contributed by atoms with Crippen LogP contribution in [0, 0.1) is 0 Å². The van der Waals surface area contributed by atoms with Crippen molar-refractivity contribution >= 4 is 23.0 Å². The van der Waals surface area contributed by atoms with Gasteiger partial charge < -0.3 is 20.3 Å². The normalized spacial score (nSPS) is 15.2. The second-order valence-electron chi connectivity index (χ2n) is 5.89. The van der Waals surface area contributed by atoms with Crippen molar-refractivity contribution < 1.29 is 4.74 Å². The maximum atomic E-state index is 5.41. The highest BCUT2D eigenvalue weighted by molar-refractivity contribution is 7.09. The number of morpholine rings is 1. The Morgan fingerprint density at radius 1 is 1.16 bits per heavy atom. The number of hydrogen-bond acceptors (Lipinski definition) is 4. The van der Waals surface area contributed by atoms with Crippen molar-refractivity contribution in [3.63, 3.8) is 0 Å². The van der Waals surface area contributed by atoms with E-state index in [1.807, 2.05) is 0 Å². The van der Waals surface area contributed by atoms with Crippen LogP contribution in [0.25, 0.3) is 0 Å². The Kier molecular flexibility index (Phi) is 6.71. The molecule has 0 bridgehead atoms. The van der Waals surface area contributed by atoms with Gasteiger partial charge in [-0.25, -0.2) is 4.99 Å². The van der Waals surface area contributed by atoms with E-state index in [-0.39, 0.29) is 0 Å². The monoisotopic (exact) mass is 358 g/mol. The van der Waals surface area contributed by atoms with Gasteiger partial charge in [-0.1, -0.05) is 18.2 Å². The fraction of sp³-hybridized carbons (Fsp3) is 0.421. The van der Waals surface area contributed by atoms with Gasteiger partial charge in [0.15, 0.2) is 5.96 Å². The maximum absolute atomic E-state index is 5.41. The average molecular weight is 359 g/mol. The molecule has 0 spiro atoms. The van der Waals surface area contributed by atoms with Gasteiger partial charge in [-0.3, -0.25) is 0 Å². The van der Waals surface area contributed by atoms with Gasteiger partial charge in [-0.2, -0.15) is 0 Å². The van der Waals surface area contributed by atoms with E-state index in [9.17, 15) is 0 Å². The summed E-state index contributed by atoms with van der Waals surface area (Å²) in [5.41, 5.74) is 2.48. The fourth-order valence-corrected chi connectivity index (χ4v) is 3.37. The molecule has 2 heterocycles. The first kappa shape index (κ1) is 17.8. The van der Waals surface area contributed by atoms with Crippen molar-refractivity contribution in [1.82, 2.24) is 10.6 Å². The first-order valence-electron chi connectivity index (χ1n) is 8.81. The molecule has 2 aromatic rings. The maximum Gasteiger partial charge on any atom is 0.191 e. The largest absolute Gasteiger partial charge is 0.378 e. The Labute approximate surface area is 153 Å². The number of hydrogen-bond donors (Lipinski definition) is 2. The summed E-state index contributed by atoms with van der Waals surface area (Å²) in [7, 11) is 0. The Hall–Kier alpha value is -2.05. The molecule has 2 N–H and O–H groups in total. The van der Waals surface area contributed by atoms with Gasteiger partial charge in [0.2, 0.25) is 0 Å². The summed E-state index contributed by atoms with van der Waals surface area (Å²) in [6, 6.07) is 12.9. The molecule has 0 atom stereocenters. The molecule has 0 unspecified atom stereocenters. The van der Waals surface area contributed by atoms with Crippen LogP contribution in [0.1, 0.15) is 17.4 Å². The van der Waals surface area contributed by atoms with E-state index in [4.69, 9.17) is 9.73 Å². The van der Waals surface area contributed by atoms with Crippen LogP contribution in [0.2, 0.25) is 0 Å². The molecule has 1 saturated heterocycles. The number of nitrogens with one attached hydrogen (secondary N) is 2. The second-order valence-corrected chi connectivity index (χ2v) is 6.93. The van der Waals surface area contributed by atoms with E-state index in [0.29, 0.717) is 6.54 Å². The SMILES string of the molecule is CCNC(=NCc1ccc(N2CCOCC2)cc1)NCc1cccs1. The molecule has 1 fully saturated rings. The number of benzene rings is 1. The third-order valence-corrected chi connectivity index (χ3v) is 4.96. The zero-order chi connectivity index (χ0) is 17.3. The predicted molar refractivity (Wildman–Crippen MR) is 105 cm³/mol. The highest BCUT2D eigenvalue weighted by Crippen LogP contribution is 2.17. The summed E-state index contributed by atoms with van der Waals surface area (Å²) in [5.74, 6) is 0.855. The third-order valence-electron chi connectivity index (χ3n) is 4.09. The lowest BCUT2D eigenvalue weighted by molar-refractivity contribution is 0.122. The van der Waals surface area contributed by atoms with E-state index in [1.165, 1.54) is 16.1 Å². The highest BCUT2D eigenvalue weighted by atomic mass is 32.1. The summed E-state index contributed by atoms with van der Waals surface area (Å²) in [5, 5.41) is 8.78. The lowest BCUT2D eigenvalue weighted by Crippen LogP contribution is -2.36. The van der Waals surface area contributed by atoms with Crippen molar-refractivity contribution in [3.05, 3.63) is 52.2 Å². The molecule has 0 amide bonds. The summed E-state index contributed by atoms with van der Waals surface area (Å²) in [4.78, 5) is 8.36. The van der Waals surface area contributed by atoms with Gasteiger partial charge in [-0.05, 0) is 36.1 Å². The number of thiophene rings is 1. The molecule has 134 valence electrons. The summed E-state index contributed by atoms with van der Waals surface area (Å²) in [6.45, 7) is 7.97. The Balaban J connectivity index is 1.55. The predicted octanol–water partition coefficient (Wildman–Crippen LogP) is 2.84. The van der Waals surface area contributed by atoms with E-state index in [2.05, 4.69) is 64.2 Å². The minimum Gasteiger partial charge on any atom is -0.378 e. The number of nitrogens with zero attached hydrogens (tertiary/aromatic N) is 2. The smallest absolute Gasteiger partial charge is 0.191 e. The minimum absolute atomic E-state index is 0.670. The lowest BCUT2D eigenvalue weighted by Gasteiger charge is -2.28. The van der Waals surface area contributed by atoms with Crippen molar-refractivity contribution in [2.24, 2.45) is 4.99 Å². The zero-order valence-electron chi connectivity index (χ0n) is 14.7. The van der Waals surface area contributed by atoms with Crippen molar-refractivity contribution in [2.75, 3.05) is 37.7 Å². The summed E-state index contributed by atoms with van der Waals surface area (Å²) in [6.07, 6.45) is 0. The third kappa shape index (κ3) is 5.47. The molecule has 0 aliphatic carbocycles. The van der Waals surface area contributed by atoms with Crippen molar-refractivity contribution in [2.45, 2.75) is 20.0 Å². The molecular weight excluding hydrogens is 332 g/mol. The number of rotatable bonds is 6. The van der Waals surface area contributed by atoms with Crippen LogP contribution in [0.15, 0.2) is 46.8 Å². The van der Waals surface area contributed by atoms with Crippen LogP contribution < -0.4 is 15.5 Å². The van der Waals surface area contributed by atoms with Crippen LogP contribution in [0.5, 0.6) is 0 Å². The Morgan fingerprint density at radius 3 is 2.64 bits per heavy atom. The standard InChI is InChI=1S/C19H26N4OS/c1-2-20-19(22-15-18-4-3-13-25-18)21-14-16-5-7-17(8-6-16)23-9-11-24-12-10-23/h3-8,13H,2,9-12,14-15H2,1H3,(H2,20,21,22). The molecule has 1 aliphatic heterocycles. The summed E-state index contributed by atoms with van der Waals surface area (Å²) < 4.78 is 5.41. The van der Waals surface area contributed by atoms with E-state index < -0.39 is 0 Å². The summed E-state index contributed by atoms with van der Waals surface area (Å²) >= 11 is 1.75. The fourth-order valence-electron chi connectivity index (χ4n) is 2.73. The number of aliphatic imine (C=N–C) groups is 1. The molecule has 1 aliphatic rings.